The van der Waals surface area contributed by atoms with E-state index in [1.54, 1.807) is 24.3 Å². The zero-order valence-electron chi connectivity index (χ0n) is 15.6. The zero-order valence-corrected chi connectivity index (χ0v) is 16.3. The first-order valence-corrected chi connectivity index (χ1v) is 8.74. The lowest BCUT2D eigenvalue weighted by molar-refractivity contribution is -0.123. The average molecular weight is 389 g/mol. The normalized spacial score (nSPS) is 12.2. The summed E-state index contributed by atoms with van der Waals surface area (Å²) in [4.78, 5) is 40.3. The Kier molecular flexibility index (Phi) is 6.33. The smallest absolute Gasteiger partial charge is 0.340 e. The lowest BCUT2D eigenvalue weighted by Crippen LogP contribution is -2.27. The van der Waals surface area contributed by atoms with Gasteiger partial charge in [0.2, 0.25) is 11.7 Å². The summed E-state index contributed by atoms with van der Waals surface area (Å²) >= 11 is 5.68. The van der Waals surface area contributed by atoms with Crippen molar-refractivity contribution in [2.24, 2.45) is 5.41 Å². The highest BCUT2D eigenvalue weighted by Gasteiger charge is 2.22. The molecule has 6 nitrogen and oxygen atoms in total. The summed E-state index contributed by atoms with van der Waals surface area (Å²) in [5.41, 5.74) is 0.647. The lowest BCUT2D eigenvalue weighted by Gasteiger charge is -2.18. The van der Waals surface area contributed by atoms with E-state index in [1.807, 2.05) is 20.8 Å². The minimum absolute atomic E-state index is 0.125. The fourth-order valence-corrected chi connectivity index (χ4v) is 2.16. The molecule has 0 aliphatic carbocycles. The number of aromatic nitrogens is 1. The van der Waals surface area contributed by atoms with Crippen molar-refractivity contribution in [3.8, 4) is 0 Å². The lowest BCUT2D eigenvalue weighted by atomic mass is 9.95. The molecule has 0 saturated carbocycles. The SMILES string of the molecule is C[C@@H](OC(=O)c1ccc(Cl)nc1)C(=O)c1ccc(NC(=O)C(C)(C)C)cc1. The maximum absolute atomic E-state index is 12.5. The van der Waals surface area contributed by atoms with Crippen LogP contribution < -0.4 is 5.32 Å². The number of halogens is 1. The minimum atomic E-state index is -0.969. The van der Waals surface area contributed by atoms with Crippen LogP contribution in [-0.2, 0) is 9.53 Å². The Morgan fingerprint density at radius 3 is 2.15 bits per heavy atom. The molecule has 7 heteroatoms. The first-order chi connectivity index (χ1) is 12.6. The first-order valence-electron chi connectivity index (χ1n) is 8.36. The fraction of sp³-hybridized carbons (Fsp3) is 0.300. The van der Waals surface area contributed by atoms with Gasteiger partial charge in [-0.15, -0.1) is 0 Å². The predicted molar refractivity (Wildman–Crippen MR) is 103 cm³/mol. The number of ether oxygens (including phenoxy) is 1. The molecule has 0 aliphatic heterocycles. The van der Waals surface area contributed by atoms with E-state index in [1.165, 1.54) is 25.3 Å². The standard InChI is InChI=1S/C20H21ClN2O4/c1-12(27-18(25)14-7-10-16(21)22-11-14)17(24)13-5-8-15(9-6-13)23-19(26)20(2,3)4/h5-12H,1-4H3,(H,23,26)/t12-/m1/s1. The van der Waals surface area contributed by atoms with Crippen molar-refractivity contribution in [1.82, 2.24) is 4.98 Å². The molecular weight excluding hydrogens is 368 g/mol. The van der Waals surface area contributed by atoms with Gasteiger partial charge in [0.15, 0.2) is 6.10 Å². The van der Waals surface area contributed by atoms with Gasteiger partial charge in [0.05, 0.1) is 5.56 Å². The molecule has 0 spiro atoms. The van der Waals surface area contributed by atoms with Crippen LogP contribution in [-0.4, -0.2) is 28.7 Å². The van der Waals surface area contributed by atoms with Crippen molar-refractivity contribution in [3.05, 3.63) is 58.9 Å². The van der Waals surface area contributed by atoms with Crippen LogP contribution in [0.1, 0.15) is 48.4 Å². The number of benzene rings is 1. The van der Waals surface area contributed by atoms with E-state index < -0.39 is 17.5 Å². The van der Waals surface area contributed by atoms with Crippen molar-refractivity contribution < 1.29 is 19.1 Å². The van der Waals surface area contributed by atoms with Crippen LogP contribution in [0.2, 0.25) is 5.15 Å². The Morgan fingerprint density at radius 1 is 1.04 bits per heavy atom. The number of hydrogen-bond donors (Lipinski definition) is 1. The number of pyridine rings is 1. The Balaban J connectivity index is 2.01. The van der Waals surface area contributed by atoms with E-state index in [0.717, 1.165) is 0 Å². The summed E-state index contributed by atoms with van der Waals surface area (Å²) in [5, 5.41) is 3.04. The van der Waals surface area contributed by atoms with Crippen molar-refractivity contribution >= 4 is 34.9 Å². The highest BCUT2D eigenvalue weighted by molar-refractivity contribution is 6.29. The number of amides is 1. The topological polar surface area (TPSA) is 85.4 Å². The van der Waals surface area contributed by atoms with E-state index in [0.29, 0.717) is 11.3 Å². The van der Waals surface area contributed by atoms with Gasteiger partial charge in [0.25, 0.3) is 0 Å². The summed E-state index contributed by atoms with van der Waals surface area (Å²) in [6, 6.07) is 9.36. The van der Waals surface area contributed by atoms with Gasteiger partial charge < -0.3 is 10.1 Å². The minimum Gasteiger partial charge on any atom is -0.451 e. The number of carbonyl (C=O) groups is 3. The number of Topliss-reactive ketones (excluding diaryl/α,β-unsaturated/α-hetero) is 1. The van der Waals surface area contributed by atoms with Gasteiger partial charge in [-0.25, -0.2) is 9.78 Å². The Hall–Kier alpha value is -2.73. The van der Waals surface area contributed by atoms with Gasteiger partial charge >= 0.3 is 5.97 Å². The van der Waals surface area contributed by atoms with Crippen molar-refractivity contribution in [1.29, 1.82) is 0 Å². The molecule has 1 N–H and O–H groups in total. The second-order valence-electron chi connectivity index (χ2n) is 7.06. The van der Waals surface area contributed by atoms with E-state index in [-0.39, 0.29) is 22.4 Å². The average Bonchev–Trinajstić information content (AvgIpc) is 2.61. The first kappa shape index (κ1) is 20.6. The van der Waals surface area contributed by atoms with E-state index in [9.17, 15) is 14.4 Å². The molecule has 1 aromatic heterocycles. The van der Waals surface area contributed by atoms with Crippen LogP contribution in [0.5, 0.6) is 0 Å². The Bertz CT molecular complexity index is 840. The highest BCUT2D eigenvalue weighted by atomic mass is 35.5. The van der Waals surface area contributed by atoms with Gasteiger partial charge in [-0.1, -0.05) is 32.4 Å². The van der Waals surface area contributed by atoms with E-state index >= 15 is 0 Å². The summed E-state index contributed by atoms with van der Waals surface area (Å²) in [7, 11) is 0. The maximum Gasteiger partial charge on any atom is 0.340 e. The molecule has 142 valence electrons. The zero-order chi connectivity index (χ0) is 20.2. The van der Waals surface area contributed by atoms with Crippen LogP contribution in [0.15, 0.2) is 42.6 Å². The molecule has 0 aliphatic rings. The molecule has 0 bridgehead atoms. The molecule has 0 radical (unpaired) electrons. The molecule has 1 atom stereocenters. The second kappa shape index (κ2) is 8.31. The molecule has 1 amide bonds. The second-order valence-corrected chi connectivity index (χ2v) is 7.45. The number of ketones is 1. The summed E-state index contributed by atoms with van der Waals surface area (Å²) in [5.74, 6) is -1.13. The number of hydrogen-bond acceptors (Lipinski definition) is 5. The van der Waals surface area contributed by atoms with Crippen LogP contribution >= 0.6 is 11.6 Å². The number of carbonyl (C=O) groups excluding carboxylic acids is 3. The molecule has 27 heavy (non-hydrogen) atoms. The number of nitrogens with one attached hydrogen (secondary N) is 1. The predicted octanol–water partition coefficient (Wildman–Crippen LogP) is 4.15. The largest absolute Gasteiger partial charge is 0.451 e. The fourth-order valence-electron chi connectivity index (χ4n) is 2.05. The van der Waals surface area contributed by atoms with Crippen molar-refractivity contribution in [2.45, 2.75) is 33.8 Å². The monoisotopic (exact) mass is 388 g/mol. The van der Waals surface area contributed by atoms with Gasteiger partial charge in [-0.05, 0) is 43.3 Å². The molecule has 1 aromatic carbocycles. The molecule has 0 unspecified atom stereocenters. The number of nitrogens with zero attached hydrogens (tertiary/aromatic N) is 1. The number of rotatable bonds is 5. The molecule has 1 heterocycles. The van der Waals surface area contributed by atoms with Crippen LogP contribution in [0.4, 0.5) is 5.69 Å². The maximum atomic E-state index is 12.5. The molecule has 0 saturated heterocycles. The molecular formula is C20H21ClN2O4. The Morgan fingerprint density at radius 2 is 1.63 bits per heavy atom. The van der Waals surface area contributed by atoms with Crippen LogP contribution in [0, 0.1) is 5.41 Å². The van der Waals surface area contributed by atoms with Crippen molar-refractivity contribution in [2.75, 3.05) is 5.32 Å². The molecule has 0 fully saturated rings. The van der Waals surface area contributed by atoms with Gasteiger partial charge in [0, 0.05) is 22.9 Å². The molecule has 2 rings (SSSR count). The Labute approximate surface area is 162 Å². The number of esters is 1. The van der Waals surface area contributed by atoms with E-state index in [2.05, 4.69) is 10.3 Å². The number of anilines is 1. The van der Waals surface area contributed by atoms with E-state index in [4.69, 9.17) is 16.3 Å². The highest BCUT2D eigenvalue weighted by Crippen LogP contribution is 2.18. The third-order valence-corrected chi connectivity index (χ3v) is 3.95. The van der Waals surface area contributed by atoms with Crippen LogP contribution in [0.3, 0.4) is 0 Å². The summed E-state index contributed by atoms with van der Waals surface area (Å²) in [6.45, 7) is 6.93. The third-order valence-electron chi connectivity index (χ3n) is 3.72. The van der Waals surface area contributed by atoms with Crippen LogP contribution in [0.25, 0.3) is 0 Å². The van der Waals surface area contributed by atoms with Crippen molar-refractivity contribution in [3.63, 3.8) is 0 Å². The summed E-state index contributed by atoms with van der Waals surface area (Å²) in [6.07, 6.45) is 0.317. The van der Waals surface area contributed by atoms with Gasteiger partial charge in [0.1, 0.15) is 5.15 Å². The molecule has 2 aromatic rings. The van der Waals surface area contributed by atoms with Gasteiger partial charge in [-0.2, -0.15) is 0 Å². The quantitative estimate of drug-likeness (QED) is 0.472. The third kappa shape index (κ3) is 5.62. The summed E-state index contributed by atoms with van der Waals surface area (Å²) < 4.78 is 5.19. The van der Waals surface area contributed by atoms with Gasteiger partial charge in [-0.3, -0.25) is 9.59 Å².